The number of benzene rings is 2. The first-order valence-electron chi connectivity index (χ1n) is 12.2. The molecule has 35 heavy (non-hydrogen) atoms. The van der Waals surface area contributed by atoms with E-state index in [0.717, 1.165) is 43.7 Å². The molecule has 1 N–H and O–H groups in total. The minimum Gasteiger partial charge on any atom is -0.492 e. The minimum absolute atomic E-state index is 0.210. The van der Waals surface area contributed by atoms with Gasteiger partial charge in [-0.3, -0.25) is 14.5 Å². The van der Waals surface area contributed by atoms with Crippen LogP contribution < -0.4 is 15.0 Å². The number of fused-ring (bicyclic) bond motifs is 1. The van der Waals surface area contributed by atoms with E-state index in [1.807, 2.05) is 34.9 Å². The number of ether oxygens (including phenoxy) is 1. The van der Waals surface area contributed by atoms with Crippen molar-refractivity contribution in [3.05, 3.63) is 76.7 Å². The van der Waals surface area contributed by atoms with Crippen molar-refractivity contribution in [2.45, 2.75) is 45.6 Å². The average molecular weight is 495 g/mol. The fraction of sp³-hybridized carbons (Fsp3) is 0.370. The van der Waals surface area contributed by atoms with Crippen LogP contribution >= 0.6 is 11.6 Å². The van der Waals surface area contributed by atoms with Gasteiger partial charge in [-0.25, -0.2) is 4.98 Å². The fourth-order valence-corrected chi connectivity index (χ4v) is 4.40. The molecule has 1 aliphatic heterocycles. The molecule has 0 saturated carbocycles. The van der Waals surface area contributed by atoms with E-state index in [1.165, 1.54) is 0 Å². The molecule has 2 aromatic carbocycles. The SMILES string of the molecule is CCCCN(C(=O)c1cccc(Cl)c1)c1nc2n(c1C(=O)NCCOc1ccccc1)CCCC2. The van der Waals surface area contributed by atoms with Crippen molar-refractivity contribution in [2.75, 3.05) is 24.6 Å². The molecular weight excluding hydrogens is 464 g/mol. The number of rotatable bonds is 10. The zero-order valence-corrected chi connectivity index (χ0v) is 20.8. The van der Waals surface area contributed by atoms with E-state index in [0.29, 0.717) is 48.3 Å². The molecule has 0 saturated heterocycles. The maximum atomic E-state index is 13.6. The number of amides is 2. The van der Waals surface area contributed by atoms with Gasteiger partial charge in [-0.2, -0.15) is 0 Å². The number of carbonyl (C=O) groups is 2. The van der Waals surface area contributed by atoms with Crippen LogP contribution in [0.3, 0.4) is 0 Å². The van der Waals surface area contributed by atoms with Gasteiger partial charge >= 0.3 is 0 Å². The van der Waals surface area contributed by atoms with E-state index in [4.69, 9.17) is 21.3 Å². The lowest BCUT2D eigenvalue weighted by Gasteiger charge is -2.22. The molecule has 2 amide bonds. The Morgan fingerprint density at radius 1 is 1.14 bits per heavy atom. The van der Waals surface area contributed by atoms with Crippen molar-refractivity contribution >= 4 is 29.2 Å². The Balaban J connectivity index is 1.59. The van der Waals surface area contributed by atoms with Crippen LogP contribution in [0.15, 0.2) is 54.6 Å². The van der Waals surface area contributed by atoms with Crippen LogP contribution in [0, 0.1) is 0 Å². The summed E-state index contributed by atoms with van der Waals surface area (Å²) in [6, 6.07) is 16.4. The highest BCUT2D eigenvalue weighted by Gasteiger charge is 2.31. The molecule has 1 aliphatic rings. The number of nitrogens with zero attached hydrogens (tertiary/aromatic N) is 3. The molecule has 1 aromatic heterocycles. The zero-order chi connectivity index (χ0) is 24.6. The highest BCUT2D eigenvalue weighted by Crippen LogP contribution is 2.28. The predicted octanol–water partition coefficient (Wildman–Crippen LogP) is 5.13. The number of imidazole rings is 1. The number of nitrogens with one attached hydrogen (secondary N) is 1. The number of anilines is 1. The summed E-state index contributed by atoms with van der Waals surface area (Å²) in [7, 11) is 0. The third-order valence-electron chi connectivity index (χ3n) is 5.98. The first kappa shape index (κ1) is 24.8. The second kappa shape index (κ2) is 11.9. The minimum atomic E-state index is -0.252. The van der Waals surface area contributed by atoms with E-state index in [9.17, 15) is 9.59 Å². The molecule has 184 valence electrons. The molecule has 0 radical (unpaired) electrons. The Labute approximate surface area is 211 Å². The summed E-state index contributed by atoms with van der Waals surface area (Å²) in [4.78, 5) is 33.4. The zero-order valence-electron chi connectivity index (χ0n) is 20.0. The lowest BCUT2D eigenvalue weighted by molar-refractivity contribution is 0.0937. The van der Waals surface area contributed by atoms with E-state index in [2.05, 4.69) is 12.2 Å². The van der Waals surface area contributed by atoms with E-state index in [1.54, 1.807) is 29.2 Å². The number of hydrogen-bond acceptors (Lipinski definition) is 4. The standard InChI is InChI=1S/C27H31ClN4O3/c1-2-3-16-32(27(34)20-10-9-11-21(28)19-20)25-24(31-17-8-7-14-23(31)30-25)26(33)29-15-18-35-22-12-5-4-6-13-22/h4-6,9-13,19H,2-3,7-8,14-18H2,1H3,(H,29,33). The van der Waals surface area contributed by atoms with Gasteiger partial charge in [0.2, 0.25) is 0 Å². The Kier molecular flexibility index (Phi) is 8.42. The van der Waals surface area contributed by atoms with Gasteiger partial charge in [0.05, 0.1) is 6.54 Å². The largest absolute Gasteiger partial charge is 0.492 e. The van der Waals surface area contributed by atoms with Crippen LogP contribution in [0.1, 0.15) is 59.3 Å². The van der Waals surface area contributed by atoms with Crippen molar-refractivity contribution < 1.29 is 14.3 Å². The number of carbonyl (C=O) groups excluding carboxylic acids is 2. The van der Waals surface area contributed by atoms with Gasteiger partial charge in [0.1, 0.15) is 18.2 Å². The molecule has 0 bridgehead atoms. The maximum Gasteiger partial charge on any atom is 0.271 e. The van der Waals surface area contributed by atoms with Gasteiger partial charge in [-0.15, -0.1) is 0 Å². The Hall–Kier alpha value is -3.32. The predicted molar refractivity (Wildman–Crippen MR) is 137 cm³/mol. The van der Waals surface area contributed by atoms with Gasteiger partial charge in [-0.1, -0.05) is 49.2 Å². The van der Waals surface area contributed by atoms with Gasteiger partial charge in [0.15, 0.2) is 11.5 Å². The Bertz CT molecular complexity index is 1160. The molecule has 0 atom stereocenters. The van der Waals surface area contributed by atoms with E-state index < -0.39 is 0 Å². The van der Waals surface area contributed by atoms with Crippen LogP contribution in [0.2, 0.25) is 5.02 Å². The summed E-state index contributed by atoms with van der Waals surface area (Å²) in [5, 5.41) is 3.45. The highest BCUT2D eigenvalue weighted by molar-refractivity contribution is 6.31. The summed E-state index contributed by atoms with van der Waals surface area (Å²) in [5.41, 5.74) is 0.910. The number of halogens is 1. The van der Waals surface area contributed by atoms with Crippen molar-refractivity contribution in [1.82, 2.24) is 14.9 Å². The smallest absolute Gasteiger partial charge is 0.271 e. The van der Waals surface area contributed by atoms with Gasteiger partial charge in [-0.05, 0) is 49.6 Å². The quantitative estimate of drug-likeness (QED) is 0.396. The van der Waals surface area contributed by atoms with Crippen LogP contribution in [-0.4, -0.2) is 41.1 Å². The third kappa shape index (κ3) is 6.03. The molecule has 3 aromatic rings. The topological polar surface area (TPSA) is 76.5 Å². The first-order valence-corrected chi connectivity index (χ1v) is 12.6. The van der Waals surface area contributed by atoms with Crippen LogP contribution in [0.4, 0.5) is 5.82 Å². The van der Waals surface area contributed by atoms with Crippen molar-refractivity contribution in [3.8, 4) is 5.75 Å². The number of aryl methyl sites for hydroxylation is 1. The van der Waals surface area contributed by atoms with E-state index >= 15 is 0 Å². The maximum absolute atomic E-state index is 13.6. The molecule has 0 fully saturated rings. The summed E-state index contributed by atoms with van der Waals surface area (Å²) in [6.45, 7) is 3.92. The molecule has 7 nitrogen and oxygen atoms in total. The van der Waals surface area contributed by atoms with Gasteiger partial charge in [0, 0.05) is 30.1 Å². The molecular formula is C27H31ClN4O3. The normalized spacial score (nSPS) is 12.6. The lowest BCUT2D eigenvalue weighted by atomic mass is 10.1. The third-order valence-corrected chi connectivity index (χ3v) is 6.22. The lowest BCUT2D eigenvalue weighted by Crippen LogP contribution is -2.36. The van der Waals surface area contributed by atoms with Crippen molar-refractivity contribution in [2.24, 2.45) is 0 Å². The van der Waals surface area contributed by atoms with Crippen molar-refractivity contribution in [1.29, 1.82) is 0 Å². The van der Waals surface area contributed by atoms with Gasteiger partial charge < -0.3 is 14.6 Å². The Morgan fingerprint density at radius 3 is 2.74 bits per heavy atom. The summed E-state index contributed by atoms with van der Waals surface area (Å²) in [6.07, 6.45) is 4.47. The highest BCUT2D eigenvalue weighted by atomic mass is 35.5. The van der Waals surface area contributed by atoms with Gasteiger partial charge in [0.25, 0.3) is 11.8 Å². The molecule has 0 unspecified atom stereocenters. The van der Waals surface area contributed by atoms with Crippen molar-refractivity contribution in [3.63, 3.8) is 0 Å². The number of aromatic nitrogens is 2. The summed E-state index contributed by atoms with van der Waals surface area (Å²) < 4.78 is 7.68. The number of hydrogen-bond donors (Lipinski definition) is 1. The Morgan fingerprint density at radius 2 is 1.97 bits per heavy atom. The second-order valence-corrected chi connectivity index (χ2v) is 8.98. The number of para-hydroxylation sites is 1. The number of unbranched alkanes of at least 4 members (excludes halogenated alkanes) is 1. The molecule has 4 rings (SSSR count). The average Bonchev–Trinajstić information content (AvgIpc) is 3.26. The van der Waals surface area contributed by atoms with Crippen LogP contribution in [0.25, 0.3) is 0 Å². The first-order chi connectivity index (χ1) is 17.1. The van der Waals surface area contributed by atoms with Crippen LogP contribution in [-0.2, 0) is 13.0 Å². The molecule has 0 spiro atoms. The molecule has 0 aliphatic carbocycles. The summed E-state index contributed by atoms with van der Waals surface area (Å²) >= 11 is 6.16. The second-order valence-electron chi connectivity index (χ2n) is 8.55. The summed E-state index contributed by atoms with van der Waals surface area (Å²) in [5.74, 6) is 1.55. The molecule has 8 heteroatoms. The molecule has 2 heterocycles. The van der Waals surface area contributed by atoms with Crippen LogP contribution in [0.5, 0.6) is 5.75 Å². The fourth-order valence-electron chi connectivity index (χ4n) is 4.21. The monoisotopic (exact) mass is 494 g/mol. The van der Waals surface area contributed by atoms with E-state index in [-0.39, 0.29) is 11.8 Å².